The quantitative estimate of drug-likeness (QED) is 0.477. The fourth-order valence-electron chi connectivity index (χ4n) is 1.90. The molecule has 3 heteroatoms. The minimum absolute atomic E-state index is 0.758. The Hall–Kier alpha value is -0.903. The standard InChI is InChI=1S/C16H25O2Si/c1-4-15-10-7-8-11-16(15)12-9-13-18-19(6-3)14-17-5-2/h4,7-8,10-11H,1,5-6,9,12-14H2,2-3H3. The van der Waals surface area contributed by atoms with Crippen molar-refractivity contribution in [1.82, 2.24) is 0 Å². The number of benzene rings is 1. The van der Waals surface area contributed by atoms with E-state index < -0.39 is 9.04 Å². The third kappa shape index (κ3) is 6.19. The number of ether oxygens (including phenoxy) is 1. The van der Waals surface area contributed by atoms with E-state index in [1.807, 2.05) is 13.0 Å². The lowest BCUT2D eigenvalue weighted by Gasteiger charge is -2.13. The molecule has 0 saturated heterocycles. The molecular formula is C16H25O2Si. The number of rotatable bonds is 10. The molecular weight excluding hydrogens is 252 g/mol. The van der Waals surface area contributed by atoms with Crippen molar-refractivity contribution in [2.45, 2.75) is 32.7 Å². The molecule has 0 bridgehead atoms. The van der Waals surface area contributed by atoms with Gasteiger partial charge in [-0.1, -0.05) is 43.8 Å². The molecule has 0 heterocycles. The average molecular weight is 277 g/mol. The summed E-state index contributed by atoms with van der Waals surface area (Å²) in [4.78, 5) is 0. The van der Waals surface area contributed by atoms with Gasteiger partial charge in [0.15, 0.2) is 0 Å². The van der Waals surface area contributed by atoms with Crippen molar-refractivity contribution in [3.63, 3.8) is 0 Å². The molecule has 1 radical (unpaired) electrons. The van der Waals surface area contributed by atoms with Gasteiger partial charge in [-0.05, 0) is 36.9 Å². The third-order valence-electron chi connectivity index (χ3n) is 3.03. The second-order valence-electron chi connectivity index (χ2n) is 4.38. The predicted molar refractivity (Wildman–Crippen MR) is 83.5 cm³/mol. The molecule has 2 nitrogen and oxygen atoms in total. The Morgan fingerprint density at radius 1 is 1.26 bits per heavy atom. The summed E-state index contributed by atoms with van der Waals surface area (Å²) < 4.78 is 11.4. The van der Waals surface area contributed by atoms with Gasteiger partial charge in [0.1, 0.15) is 0 Å². The zero-order valence-electron chi connectivity index (χ0n) is 12.2. The summed E-state index contributed by atoms with van der Waals surface area (Å²) in [6, 6.07) is 9.52. The molecule has 0 aliphatic rings. The van der Waals surface area contributed by atoms with Crippen LogP contribution in [-0.4, -0.2) is 28.5 Å². The maximum absolute atomic E-state index is 5.94. The van der Waals surface area contributed by atoms with E-state index in [4.69, 9.17) is 9.16 Å². The zero-order valence-corrected chi connectivity index (χ0v) is 13.2. The van der Waals surface area contributed by atoms with E-state index in [9.17, 15) is 0 Å². The largest absolute Gasteiger partial charge is 0.414 e. The molecule has 0 spiro atoms. The van der Waals surface area contributed by atoms with E-state index in [0.717, 1.165) is 38.3 Å². The Morgan fingerprint density at radius 2 is 2.05 bits per heavy atom. The van der Waals surface area contributed by atoms with Crippen LogP contribution in [0, 0.1) is 0 Å². The topological polar surface area (TPSA) is 18.5 Å². The number of hydrogen-bond donors (Lipinski definition) is 0. The van der Waals surface area contributed by atoms with E-state index in [2.05, 4.69) is 37.8 Å². The van der Waals surface area contributed by atoms with Gasteiger partial charge in [0.25, 0.3) is 0 Å². The fraction of sp³-hybridized carbons (Fsp3) is 0.500. The smallest absolute Gasteiger partial charge is 0.237 e. The Morgan fingerprint density at radius 3 is 2.74 bits per heavy atom. The van der Waals surface area contributed by atoms with Crippen molar-refractivity contribution in [2.24, 2.45) is 0 Å². The molecule has 0 atom stereocenters. The molecule has 1 aromatic rings. The van der Waals surface area contributed by atoms with Gasteiger partial charge < -0.3 is 9.16 Å². The predicted octanol–water partition coefficient (Wildman–Crippen LogP) is 3.87. The van der Waals surface area contributed by atoms with E-state index in [1.165, 1.54) is 11.1 Å². The lowest BCUT2D eigenvalue weighted by molar-refractivity contribution is 0.171. The van der Waals surface area contributed by atoms with E-state index in [1.54, 1.807) is 0 Å². The Labute approximate surface area is 119 Å². The molecule has 0 saturated carbocycles. The van der Waals surface area contributed by atoms with Gasteiger partial charge in [0.05, 0.1) is 6.23 Å². The monoisotopic (exact) mass is 277 g/mol. The van der Waals surface area contributed by atoms with Crippen LogP contribution in [0.25, 0.3) is 6.08 Å². The molecule has 0 unspecified atom stereocenters. The third-order valence-corrected chi connectivity index (χ3v) is 4.96. The van der Waals surface area contributed by atoms with Crippen LogP contribution in [0.1, 0.15) is 31.4 Å². The van der Waals surface area contributed by atoms with Crippen LogP contribution in [0.3, 0.4) is 0 Å². The van der Waals surface area contributed by atoms with Crippen LogP contribution >= 0.6 is 0 Å². The van der Waals surface area contributed by atoms with Gasteiger partial charge in [0, 0.05) is 13.2 Å². The van der Waals surface area contributed by atoms with Crippen LogP contribution in [0.5, 0.6) is 0 Å². The number of aryl methyl sites for hydroxylation is 1. The first kappa shape index (κ1) is 16.2. The van der Waals surface area contributed by atoms with Crippen molar-refractivity contribution in [3.8, 4) is 0 Å². The second-order valence-corrected chi connectivity index (χ2v) is 6.75. The van der Waals surface area contributed by atoms with Gasteiger partial charge in [-0.3, -0.25) is 0 Å². The Kier molecular flexibility index (Phi) is 8.46. The van der Waals surface area contributed by atoms with Crippen molar-refractivity contribution in [3.05, 3.63) is 42.0 Å². The molecule has 0 N–H and O–H groups in total. The first-order valence-electron chi connectivity index (χ1n) is 7.07. The van der Waals surface area contributed by atoms with Gasteiger partial charge in [-0.15, -0.1) is 0 Å². The first-order valence-corrected chi connectivity index (χ1v) is 8.89. The van der Waals surface area contributed by atoms with Crippen LogP contribution < -0.4 is 0 Å². The maximum atomic E-state index is 5.94. The SMILES string of the molecule is C=Cc1ccccc1CCCO[Si](CC)COCC. The van der Waals surface area contributed by atoms with Crippen molar-refractivity contribution in [2.75, 3.05) is 19.4 Å². The Bertz CT molecular complexity index is 366. The van der Waals surface area contributed by atoms with Crippen molar-refractivity contribution in [1.29, 1.82) is 0 Å². The Balaban J connectivity index is 2.27. The highest BCUT2D eigenvalue weighted by atomic mass is 28.3. The van der Waals surface area contributed by atoms with Crippen LogP contribution in [0.4, 0.5) is 0 Å². The summed E-state index contributed by atoms with van der Waals surface area (Å²) in [6.45, 7) is 9.68. The summed E-state index contributed by atoms with van der Waals surface area (Å²) in [5.41, 5.74) is 2.59. The minimum Gasteiger partial charge on any atom is -0.414 e. The highest BCUT2D eigenvalue weighted by Gasteiger charge is 2.10. The molecule has 105 valence electrons. The van der Waals surface area contributed by atoms with Gasteiger partial charge in [-0.2, -0.15) is 0 Å². The average Bonchev–Trinajstić information content (AvgIpc) is 2.47. The minimum atomic E-state index is -0.758. The van der Waals surface area contributed by atoms with Crippen LogP contribution in [0.15, 0.2) is 30.8 Å². The highest BCUT2D eigenvalue weighted by Crippen LogP contribution is 2.12. The molecule has 1 rings (SSSR count). The van der Waals surface area contributed by atoms with E-state index in [-0.39, 0.29) is 0 Å². The summed E-state index contributed by atoms with van der Waals surface area (Å²) in [5, 5.41) is 0. The van der Waals surface area contributed by atoms with Crippen LogP contribution in [0.2, 0.25) is 6.04 Å². The normalized spacial score (nSPS) is 10.9. The summed E-state index contributed by atoms with van der Waals surface area (Å²) in [7, 11) is -0.758. The van der Waals surface area contributed by atoms with Crippen molar-refractivity contribution < 1.29 is 9.16 Å². The summed E-state index contributed by atoms with van der Waals surface area (Å²) in [5.74, 6) is 0. The van der Waals surface area contributed by atoms with Gasteiger partial charge >= 0.3 is 0 Å². The number of hydrogen-bond acceptors (Lipinski definition) is 2. The molecule has 0 aromatic heterocycles. The lowest BCUT2D eigenvalue weighted by Crippen LogP contribution is -2.25. The molecule has 1 aromatic carbocycles. The van der Waals surface area contributed by atoms with Crippen LogP contribution in [-0.2, 0) is 15.6 Å². The molecule has 0 amide bonds. The molecule has 0 aliphatic heterocycles. The van der Waals surface area contributed by atoms with Gasteiger partial charge in [0.2, 0.25) is 9.04 Å². The zero-order chi connectivity index (χ0) is 13.9. The molecule has 19 heavy (non-hydrogen) atoms. The molecule has 0 fully saturated rings. The first-order chi connectivity index (χ1) is 9.31. The summed E-state index contributed by atoms with van der Waals surface area (Å²) in [6.07, 6.45) is 4.84. The molecule has 0 aliphatic carbocycles. The van der Waals surface area contributed by atoms with Gasteiger partial charge in [-0.25, -0.2) is 0 Å². The highest BCUT2D eigenvalue weighted by molar-refractivity contribution is 6.51. The summed E-state index contributed by atoms with van der Waals surface area (Å²) >= 11 is 0. The maximum Gasteiger partial charge on any atom is 0.237 e. The van der Waals surface area contributed by atoms with Crippen molar-refractivity contribution >= 4 is 15.1 Å². The van der Waals surface area contributed by atoms with E-state index >= 15 is 0 Å². The lowest BCUT2D eigenvalue weighted by atomic mass is 10.0. The fourth-order valence-corrected chi connectivity index (χ4v) is 3.26. The second kappa shape index (κ2) is 9.95. The van der Waals surface area contributed by atoms with E-state index in [0.29, 0.717) is 0 Å².